The van der Waals surface area contributed by atoms with E-state index in [0.29, 0.717) is 0 Å². The van der Waals surface area contributed by atoms with Crippen LogP contribution in [0.5, 0.6) is 0 Å². The maximum absolute atomic E-state index is 11.8. The molecule has 12 heavy (non-hydrogen) atoms. The van der Waals surface area contributed by atoms with E-state index in [0.717, 1.165) is 10.5 Å². The smallest absolute Gasteiger partial charge is 0.327 e. The Morgan fingerprint density at radius 1 is 1.58 bits per heavy atom. The summed E-state index contributed by atoms with van der Waals surface area (Å²) in [6.07, 6.45) is -3.12. The van der Waals surface area contributed by atoms with Crippen LogP contribution in [-0.4, -0.2) is 30.1 Å². The Morgan fingerprint density at radius 2 is 2.17 bits per heavy atom. The molecule has 2 nitrogen and oxygen atoms in total. The lowest BCUT2D eigenvalue weighted by atomic mass is 10.3. The van der Waals surface area contributed by atoms with Crippen LogP contribution in [0.1, 0.15) is 6.92 Å². The number of amides is 1. The highest BCUT2D eigenvalue weighted by Crippen LogP contribution is 2.21. The summed E-state index contributed by atoms with van der Waals surface area (Å²) in [7, 11) is 0. The van der Waals surface area contributed by atoms with Crippen LogP contribution in [0.25, 0.3) is 0 Å². The van der Waals surface area contributed by atoms with Crippen molar-refractivity contribution >= 4 is 5.91 Å². The van der Waals surface area contributed by atoms with Gasteiger partial charge in [0.25, 0.3) is 0 Å². The average Bonchev–Trinajstić information content (AvgIpc) is 2.32. The summed E-state index contributed by atoms with van der Waals surface area (Å²) >= 11 is 0. The highest BCUT2D eigenvalue weighted by atomic mass is 19.4. The summed E-state index contributed by atoms with van der Waals surface area (Å²) in [4.78, 5) is 11.4. The SMILES string of the molecule is CC1=CCN(C(=O)C(F)(F)F)C1. The standard InChI is InChI=1S/C7H8F3NO/c1-5-2-3-11(4-5)6(12)7(8,9)10/h2H,3-4H2,1H3. The Labute approximate surface area is 67.7 Å². The van der Waals surface area contributed by atoms with Gasteiger partial charge >= 0.3 is 12.1 Å². The van der Waals surface area contributed by atoms with Crippen molar-refractivity contribution in [3.8, 4) is 0 Å². The molecule has 0 radical (unpaired) electrons. The first-order valence-electron chi connectivity index (χ1n) is 3.43. The zero-order valence-electron chi connectivity index (χ0n) is 6.48. The molecule has 1 aliphatic rings. The lowest BCUT2D eigenvalue weighted by Gasteiger charge is -2.17. The van der Waals surface area contributed by atoms with Gasteiger partial charge < -0.3 is 4.90 Å². The summed E-state index contributed by atoms with van der Waals surface area (Å²) in [5.41, 5.74) is 0.799. The number of alkyl halides is 3. The summed E-state index contributed by atoms with van der Waals surface area (Å²) < 4.78 is 35.4. The number of halogens is 3. The normalized spacial score (nSPS) is 18.0. The minimum atomic E-state index is -4.74. The van der Waals surface area contributed by atoms with Gasteiger partial charge in [0.2, 0.25) is 0 Å². The van der Waals surface area contributed by atoms with Crippen LogP contribution in [0.2, 0.25) is 0 Å². The van der Waals surface area contributed by atoms with Gasteiger partial charge in [-0.1, -0.05) is 11.6 Å². The number of hydrogen-bond acceptors (Lipinski definition) is 1. The predicted octanol–water partition coefficient (Wildman–Crippen LogP) is 1.34. The molecule has 0 fully saturated rings. The van der Waals surface area contributed by atoms with Crippen molar-refractivity contribution in [2.75, 3.05) is 13.1 Å². The van der Waals surface area contributed by atoms with Crippen LogP contribution in [0, 0.1) is 0 Å². The Balaban J connectivity index is 2.58. The fraction of sp³-hybridized carbons (Fsp3) is 0.571. The Hall–Kier alpha value is -1.00. The van der Waals surface area contributed by atoms with E-state index in [9.17, 15) is 18.0 Å². The molecule has 5 heteroatoms. The third-order valence-electron chi connectivity index (χ3n) is 1.63. The van der Waals surface area contributed by atoms with Gasteiger partial charge in [-0.05, 0) is 6.92 Å². The average molecular weight is 179 g/mol. The molecule has 0 spiro atoms. The predicted molar refractivity (Wildman–Crippen MR) is 36.4 cm³/mol. The lowest BCUT2D eigenvalue weighted by molar-refractivity contribution is -0.184. The molecule has 0 aromatic heterocycles. The first-order valence-corrected chi connectivity index (χ1v) is 3.43. The molecule has 0 bridgehead atoms. The molecule has 0 unspecified atom stereocenters. The number of nitrogens with zero attached hydrogens (tertiary/aromatic N) is 1. The van der Waals surface area contributed by atoms with Gasteiger partial charge in [-0.25, -0.2) is 0 Å². The van der Waals surface area contributed by atoms with Gasteiger partial charge in [0.1, 0.15) is 0 Å². The molecule has 0 aliphatic carbocycles. The fourth-order valence-electron chi connectivity index (χ4n) is 1.03. The Morgan fingerprint density at radius 3 is 2.50 bits per heavy atom. The first-order chi connectivity index (χ1) is 5.41. The molecule has 0 atom stereocenters. The van der Waals surface area contributed by atoms with E-state index in [1.54, 1.807) is 13.0 Å². The number of carbonyl (C=O) groups is 1. The molecule has 0 N–H and O–H groups in total. The maximum atomic E-state index is 11.8. The highest BCUT2D eigenvalue weighted by Gasteiger charge is 2.42. The quantitative estimate of drug-likeness (QED) is 0.514. The highest BCUT2D eigenvalue weighted by molar-refractivity contribution is 5.82. The van der Waals surface area contributed by atoms with Gasteiger partial charge in [-0.3, -0.25) is 4.79 Å². The van der Waals surface area contributed by atoms with Crippen molar-refractivity contribution in [3.63, 3.8) is 0 Å². The lowest BCUT2D eigenvalue weighted by Crippen LogP contribution is -2.39. The Bertz CT molecular complexity index is 231. The monoisotopic (exact) mass is 179 g/mol. The van der Waals surface area contributed by atoms with Crippen molar-refractivity contribution in [3.05, 3.63) is 11.6 Å². The van der Waals surface area contributed by atoms with Crippen molar-refractivity contribution in [1.29, 1.82) is 0 Å². The maximum Gasteiger partial charge on any atom is 0.471 e. The summed E-state index contributed by atoms with van der Waals surface area (Å²) in [5.74, 6) is -1.75. The topological polar surface area (TPSA) is 20.3 Å². The van der Waals surface area contributed by atoms with E-state index in [1.165, 1.54) is 0 Å². The van der Waals surface area contributed by atoms with Crippen LogP contribution in [0.4, 0.5) is 13.2 Å². The van der Waals surface area contributed by atoms with Crippen LogP contribution >= 0.6 is 0 Å². The number of carbonyl (C=O) groups excluding carboxylic acids is 1. The molecule has 1 aliphatic heterocycles. The van der Waals surface area contributed by atoms with Gasteiger partial charge in [0.05, 0.1) is 0 Å². The third kappa shape index (κ3) is 1.78. The molecule has 1 rings (SSSR count). The zero-order chi connectivity index (χ0) is 9.35. The first kappa shape index (κ1) is 9.09. The van der Waals surface area contributed by atoms with Crippen molar-refractivity contribution in [2.24, 2.45) is 0 Å². The fourth-order valence-corrected chi connectivity index (χ4v) is 1.03. The molecule has 1 heterocycles. The van der Waals surface area contributed by atoms with Crippen LogP contribution in [0.15, 0.2) is 11.6 Å². The zero-order valence-corrected chi connectivity index (χ0v) is 6.48. The number of rotatable bonds is 0. The molecule has 0 aromatic carbocycles. The second-order valence-electron chi connectivity index (χ2n) is 2.73. The molecular weight excluding hydrogens is 171 g/mol. The summed E-state index contributed by atoms with van der Waals surface area (Å²) in [6, 6.07) is 0. The summed E-state index contributed by atoms with van der Waals surface area (Å²) in [5, 5.41) is 0. The van der Waals surface area contributed by atoms with Gasteiger partial charge in [0.15, 0.2) is 0 Å². The minimum absolute atomic E-state index is 0.0736. The second kappa shape index (κ2) is 2.80. The van der Waals surface area contributed by atoms with Gasteiger partial charge in [0, 0.05) is 13.1 Å². The van der Waals surface area contributed by atoms with E-state index in [1.807, 2.05) is 0 Å². The van der Waals surface area contributed by atoms with Gasteiger partial charge in [-0.15, -0.1) is 0 Å². The molecular formula is C7H8F3NO. The van der Waals surface area contributed by atoms with E-state index in [2.05, 4.69) is 0 Å². The van der Waals surface area contributed by atoms with Crippen molar-refractivity contribution < 1.29 is 18.0 Å². The molecule has 0 aromatic rings. The van der Waals surface area contributed by atoms with Gasteiger partial charge in [-0.2, -0.15) is 13.2 Å². The van der Waals surface area contributed by atoms with Crippen molar-refractivity contribution in [2.45, 2.75) is 13.1 Å². The van der Waals surface area contributed by atoms with E-state index in [-0.39, 0.29) is 13.1 Å². The molecule has 68 valence electrons. The van der Waals surface area contributed by atoms with E-state index < -0.39 is 12.1 Å². The summed E-state index contributed by atoms with van der Waals surface area (Å²) in [6.45, 7) is 1.87. The number of hydrogen-bond donors (Lipinski definition) is 0. The van der Waals surface area contributed by atoms with Crippen LogP contribution in [-0.2, 0) is 4.79 Å². The van der Waals surface area contributed by atoms with Crippen molar-refractivity contribution in [1.82, 2.24) is 4.90 Å². The van der Waals surface area contributed by atoms with Crippen LogP contribution in [0.3, 0.4) is 0 Å². The molecule has 1 amide bonds. The second-order valence-corrected chi connectivity index (χ2v) is 2.73. The molecule has 0 saturated heterocycles. The Kier molecular flexibility index (Phi) is 2.12. The largest absolute Gasteiger partial charge is 0.471 e. The van der Waals surface area contributed by atoms with E-state index >= 15 is 0 Å². The minimum Gasteiger partial charge on any atom is -0.327 e. The third-order valence-corrected chi connectivity index (χ3v) is 1.63. The van der Waals surface area contributed by atoms with E-state index in [4.69, 9.17) is 0 Å². The molecule has 0 saturated carbocycles. The van der Waals surface area contributed by atoms with Crippen LogP contribution < -0.4 is 0 Å².